The van der Waals surface area contributed by atoms with Crippen molar-refractivity contribution in [1.29, 1.82) is 0 Å². The zero-order chi connectivity index (χ0) is 17.6. The maximum Gasteiger partial charge on any atom is 0.244 e. The van der Waals surface area contributed by atoms with E-state index in [2.05, 4.69) is 26.0 Å². The summed E-state index contributed by atoms with van der Waals surface area (Å²) < 4.78 is 1.84. The summed E-state index contributed by atoms with van der Waals surface area (Å²) in [5.74, 6) is 0.665. The van der Waals surface area contributed by atoms with E-state index >= 15 is 0 Å². The van der Waals surface area contributed by atoms with Crippen LogP contribution in [-0.4, -0.2) is 38.5 Å². The van der Waals surface area contributed by atoms with Gasteiger partial charge in [-0.05, 0) is 24.3 Å². The minimum Gasteiger partial charge on any atom is -0.291 e. The van der Waals surface area contributed by atoms with Gasteiger partial charge in [0.25, 0.3) is 0 Å². The first-order chi connectivity index (χ1) is 12.2. The highest BCUT2D eigenvalue weighted by Gasteiger charge is 2.18. The highest BCUT2D eigenvalue weighted by atomic mass is 35.5. The van der Waals surface area contributed by atoms with E-state index in [1.54, 1.807) is 25.5 Å². The molecule has 0 spiro atoms. The molecule has 3 rings (SSSR count). The van der Waals surface area contributed by atoms with Crippen molar-refractivity contribution in [2.24, 2.45) is 0 Å². The number of hydrogen-bond donors (Lipinski definition) is 2. The SMILES string of the molecule is CNNC(=O)CSc1nnc(-c2ccncc2)n1-c1ccccc1Cl. The van der Waals surface area contributed by atoms with Gasteiger partial charge in [-0.2, -0.15) is 0 Å². The Kier molecular flexibility index (Phi) is 5.64. The van der Waals surface area contributed by atoms with Crippen molar-refractivity contribution < 1.29 is 4.79 Å². The molecule has 0 unspecified atom stereocenters. The van der Waals surface area contributed by atoms with Crippen LogP contribution >= 0.6 is 23.4 Å². The third-order valence-corrected chi connectivity index (χ3v) is 4.51. The highest BCUT2D eigenvalue weighted by Crippen LogP contribution is 2.30. The zero-order valence-corrected chi connectivity index (χ0v) is 14.9. The first kappa shape index (κ1) is 17.4. The zero-order valence-electron chi connectivity index (χ0n) is 13.3. The first-order valence-electron chi connectivity index (χ1n) is 7.40. The number of pyridine rings is 1. The molecule has 0 saturated carbocycles. The van der Waals surface area contributed by atoms with Gasteiger partial charge in [-0.3, -0.25) is 19.8 Å². The first-order valence-corrected chi connectivity index (χ1v) is 8.76. The van der Waals surface area contributed by atoms with Crippen LogP contribution in [0, 0.1) is 0 Å². The Labute approximate surface area is 153 Å². The number of hydrazine groups is 1. The smallest absolute Gasteiger partial charge is 0.244 e. The second-order valence-electron chi connectivity index (χ2n) is 4.92. The third-order valence-electron chi connectivity index (χ3n) is 3.26. The molecule has 7 nitrogen and oxygen atoms in total. The quantitative estimate of drug-likeness (QED) is 0.509. The molecule has 0 fully saturated rings. The van der Waals surface area contributed by atoms with Gasteiger partial charge in [0.15, 0.2) is 11.0 Å². The fraction of sp³-hybridized carbons (Fsp3) is 0.125. The molecule has 0 bridgehead atoms. The van der Waals surface area contributed by atoms with Crippen molar-refractivity contribution in [3.63, 3.8) is 0 Å². The van der Waals surface area contributed by atoms with E-state index in [4.69, 9.17) is 11.6 Å². The molecule has 0 aliphatic heterocycles. The Morgan fingerprint density at radius 2 is 1.96 bits per heavy atom. The van der Waals surface area contributed by atoms with Gasteiger partial charge >= 0.3 is 0 Å². The van der Waals surface area contributed by atoms with Crippen molar-refractivity contribution in [1.82, 2.24) is 30.6 Å². The molecule has 0 saturated heterocycles. The van der Waals surface area contributed by atoms with E-state index in [1.165, 1.54) is 11.8 Å². The van der Waals surface area contributed by atoms with Gasteiger partial charge in [0, 0.05) is 25.0 Å². The molecule has 1 aromatic carbocycles. The van der Waals surface area contributed by atoms with E-state index in [0.29, 0.717) is 16.0 Å². The fourth-order valence-electron chi connectivity index (χ4n) is 2.21. The number of rotatable bonds is 6. The van der Waals surface area contributed by atoms with Gasteiger partial charge in [-0.15, -0.1) is 10.2 Å². The van der Waals surface area contributed by atoms with Gasteiger partial charge in [0.05, 0.1) is 16.5 Å². The lowest BCUT2D eigenvalue weighted by Gasteiger charge is -2.11. The number of carbonyl (C=O) groups excluding carboxylic acids is 1. The van der Waals surface area contributed by atoms with Crippen LogP contribution in [0.3, 0.4) is 0 Å². The molecule has 2 N–H and O–H groups in total. The second kappa shape index (κ2) is 8.11. The normalized spacial score (nSPS) is 10.6. The Bertz CT molecular complexity index is 870. The molecule has 0 radical (unpaired) electrons. The molecule has 128 valence electrons. The topological polar surface area (TPSA) is 84.7 Å². The maximum absolute atomic E-state index is 11.7. The number of nitrogens with one attached hydrogen (secondary N) is 2. The summed E-state index contributed by atoms with van der Waals surface area (Å²) in [6.45, 7) is 0. The molecule has 0 atom stereocenters. The van der Waals surface area contributed by atoms with Gasteiger partial charge in [0.1, 0.15) is 0 Å². The van der Waals surface area contributed by atoms with Crippen LogP contribution in [0.25, 0.3) is 17.1 Å². The number of halogens is 1. The van der Waals surface area contributed by atoms with E-state index in [0.717, 1.165) is 11.3 Å². The summed E-state index contributed by atoms with van der Waals surface area (Å²) in [7, 11) is 1.64. The lowest BCUT2D eigenvalue weighted by molar-refractivity contribution is -0.119. The van der Waals surface area contributed by atoms with Crippen LogP contribution in [0.5, 0.6) is 0 Å². The molecule has 3 aromatic rings. The molecular formula is C16H15ClN6OS. The maximum atomic E-state index is 11.7. The van der Waals surface area contributed by atoms with E-state index in [-0.39, 0.29) is 11.7 Å². The number of carbonyl (C=O) groups is 1. The van der Waals surface area contributed by atoms with Crippen LogP contribution in [-0.2, 0) is 4.79 Å². The lowest BCUT2D eigenvalue weighted by Crippen LogP contribution is -2.35. The van der Waals surface area contributed by atoms with E-state index in [1.807, 2.05) is 34.9 Å². The van der Waals surface area contributed by atoms with Crippen molar-refractivity contribution in [3.05, 3.63) is 53.8 Å². The predicted molar refractivity (Wildman–Crippen MR) is 97.5 cm³/mol. The number of amides is 1. The fourth-order valence-corrected chi connectivity index (χ4v) is 3.17. The lowest BCUT2D eigenvalue weighted by atomic mass is 10.2. The number of thioether (sulfide) groups is 1. The van der Waals surface area contributed by atoms with E-state index in [9.17, 15) is 4.79 Å². The molecule has 0 aliphatic rings. The number of hydrogen-bond acceptors (Lipinski definition) is 6. The Hall–Kier alpha value is -2.42. The Balaban J connectivity index is 2.03. The summed E-state index contributed by atoms with van der Waals surface area (Å²) >= 11 is 7.65. The predicted octanol–water partition coefficient (Wildman–Crippen LogP) is 2.33. The van der Waals surface area contributed by atoms with Gasteiger partial charge in [0.2, 0.25) is 5.91 Å². The van der Waals surface area contributed by atoms with Crippen LogP contribution in [0.15, 0.2) is 53.9 Å². The summed E-state index contributed by atoms with van der Waals surface area (Å²) in [6.07, 6.45) is 3.38. The Morgan fingerprint density at radius 1 is 1.20 bits per heavy atom. The average molecular weight is 375 g/mol. The van der Waals surface area contributed by atoms with Crippen molar-refractivity contribution in [2.75, 3.05) is 12.8 Å². The standard InChI is InChI=1S/C16H15ClN6OS/c1-18-20-14(24)10-25-16-22-21-15(11-6-8-19-9-7-11)23(16)13-5-3-2-4-12(13)17/h2-9,18H,10H2,1H3,(H,20,24). The van der Waals surface area contributed by atoms with Crippen molar-refractivity contribution in [2.45, 2.75) is 5.16 Å². The second-order valence-corrected chi connectivity index (χ2v) is 6.27. The number of nitrogens with zero attached hydrogens (tertiary/aromatic N) is 4. The third kappa shape index (κ3) is 3.98. The molecule has 1 amide bonds. The van der Waals surface area contributed by atoms with Gasteiger partial charge in [-0.1, -0.05) is 35.5 Å². The summed E-state index contributed by atoms with van der Waals surface area (Å²) in [5.41, 5.74) is 6.73. The van der Waals surface area contributed by atoms with Crippen LogP contribution < -0.4 is 10.9 Å². The molecule has 2 heterocycles. The summed E-state index contributed by atoms with van der Waals surface area (Å²) in [5, 5.41) is 9.67. The molecule has 25 heavy (non-hydrogen) atoms. The minimum atomic E-state index is -0.160. The molecular weight excluding hydrogens is 360 g/mol. The summed E-state index contributed by atoms with van der Waals surface area (Å²) in [4.78, 5) is 15.8. The molecule has 0 aliphatic carbocycles. The van der Waals surface area contributed by atoms with Crippen LogP contribution in [0.4, 0.5) is 0 Å². The monoisotopic (exact) mass is 374 g/mol. The minimum absolute atomic E-state index is 0.160. The van der Waals surface area contributed by atoms with Gasteiger partial charge < -0.3 is 0 Å². The highest BCUT2D eigenvalue weighted by molar-refractivity contribution is 7.99. The van der Waals surface area contributed by atoms with Crippen LogP contribution in [0.1, 0.15) is 0 Å². The number of benzene rings is 1. The van der Waals surface area contributed by atoms with E-state index < -0.39 is 0 Å². The van der Waals surface area contributed by atoms with Gasteiger partial charge in [-0.25, -0.2) is 5.43 Å². The Morgan fingerprint density at radius 3 is 2.68 bits per heavy atom. The van der Waals surface area contributed by atoms with Crippen molar-refractivity contribution >= 4 is 29.3 Å². The summed E-state index contributed by atoms with van der Waals surface area (Å²) in [6, 6.07) is 11.1. The average Bonchev–Trinajstić information content (AvgIpc) is 3.05. The molecule has 9 heteroatoms. The largest absolute Gasteiger partial charge is 0.291 e. The molecule has 2 aromatic heterocycles. The van der Waals surface area contributed by atoms with Crippen molar-refractivity contribution in [3.8, 4) is 17.1 Å². The number of aromatic nitrogens is 4. The number of para-hydroxylation sites is 1. The van der Waals surface area contributed by atoms with Crippen LogP contribution in [0.2, 0.25) is 5.02 Å².